The molecule has 1 amide bonds. The van der Waals surface area contributed by atoms with Gasteiger partial charge in [0.25, 0.3) is 5.91 Å². The van der Waals surface area contributed by atoms with Crippen LogP contribution in [0.25, 0.3) is 0 Å². The lowest BCUT2D eigenvalue weighted by atomic mass is 9.98. The molecule has 0 saturated heterocycles. The van der Waals surface area contributed by atoms with Crippen molar-refractivity contribution in [2.75, 3.05) is 11.4 Å². The largest absolute Gasteiger partial charge is 0.479 e. The minimum Gasteiger partial charge on any atom is -0.479 e. The van der Waals surface area contributed by atoms with E-state index in [9.17, 15) is 9.59 Å². The molecule has 2 aliphatic rings. The highest BCUT2D eigenvalue weighted by molar-refractivity contribution is 6.03. The maximum atomic E-state index is 12.4. The van der Waals surface area contributed by atoms with Gasteiger partial charge in [-0.05, 0) is 57.2 Å². The number of aryl methyl sites for hydroxylation is 1. The van der Waals surface area contributed by atoms with Gasteiger partial charge in [0.1, 0.15) is 18.4 Å². The average Bonchev–Trinajstić information content (AvgIpc) is 2.53. The smallest absolute Gasteiger partial charge is 0.326 e. The number of rotatable bonds is 3. The van der Waals surface area contributed by atoms with Gasteiger partial charge in [-0.15, -0.1) is 0 Å². The van der Waals surface area contributed by atoms with Gasteiger partial charge in [0.15, 0.2) is 6.10 Å². The number of nitrogens with zero attached hydrogens (tertiary/aromatic N) is 1. The van der Waals surface area contributed by atoms with E-state index >= 15 is 0 Å². The quantitative estimate of drug-likeness (QED) is 0.804. The Morgan fingerprint density at radius 2 is 2.04 bits per heavy atom. The third-order valence-electron chi connectivity index (χ3n) is 4.46. The number of carbonyl (C=O) groups excluding carboxylic acids is 2. The number of hydrogen-bond acceptors (Lipinski definition) is 4. The number of amides is 1. The molecule has 0 radical (unpaired) electrons. The van der Waals surface area contributed by atoms with Gasteiger partial charge in [0.05, 0.1) is 5.69 Å². The SMILES string of the molecule is Cc1ccc2c(c1)N(CC(=O)OC1CCCCC1)C(=O)[C@@H](C)O2. The molecule has 1 aromatic carbocycles. The molecule has 1 fully saturated rings. The zero-order valence-corrected chi connectivity index (χ0v) is 13.7. The molecule has 1 aliphatic heterocycles. The second-order valence-electron chi connectivity index (χ2n) is 6.41. The zero-order chi connectivity index (χ0) is 16.4. The van der Waals surface area contributed by atoms with Gasteiger partial charge in [-0.1, -0.05) is 12.5 Å². The number of esters is 1. The summed E-state index contributed by atoms with van der Waals surface area (Å²) < 4.78 is 11.2. The first-order valence-electron chi connectivity index (χ1n) is 8.33. The van der Waals surface area contributed by atoms with Crippen molar-refractivity contribution in [3.63, 3.8) is 0 Å². The molecule has 0 spiro atoms. The van der Waals surface area contributed by atoms with Crippen LogP contribution < -0.4 is 9.64 Å². The van der Waals surface area contributed by atoms with Crippen molar-refractivity contribution in [3.05, 3.63) is 23.8 Å². The summed E-state index contributed by atoms with van der Waals surface area (Å²) in [5, 5.41) is 0. The van der Waals surface area contributed by atoms with Gasteiger partial charge in [0.2, 0.25) is 0 Å². The van der Waals surface area contributed by atoms with Crippen LogP contribution in [0.3, 0.4) is 0 Å². The van der Waals surface area contributed by atoms with Crippen molar-refractivity contribution < 1.29 is 19.1 Å². The van der Waals surface area contributed by atoms with Gasteiger partial charge in [-0.3, -0.25) is 14.5 Å². The third-order valence-corrected chi connectivity index (χ3v) is 4.46. The standard InChI is InChI=1S/C18H23NO4/c1-12-8-9-16-15(10-12)19(18(21)13(2)22-16)11-17(20)23-14-6-4-3-5-7-14/h8-10,13-14H,3-7,11H2,1-2H3/t13-/m1/s1. The second kappa shape index (κ2) is 6.60. The average molecular weight is 317 g/mol. The first-order chi connectivity index (χ1) is 11.0. The number of ether oxygens (including phenoxy) is 2. The van der Waals surface area contributed by atoms with Crippen LogP contribution in [-0.2, 0) is 14.3 Å². The lowest BCUT2D eigenvalue weighted by Gasteiger charge is -2.33. The summed E-state index contributed by atoms with van der Waals surface area (Å²) in [6, 6.07) is 5.64. The number of fused-ring (bicyclic) bond motifs is 1. The summed E-state index contributed by atoms with van der Waals surface area (Å²) in [5.74, 6) is 0.0867. The molecule has 5 heteroatoms. The van der Waals surface area contributed by atoms with E-state index in [1.807, 2.05) is 25.1 Å². The minimum atomic E-state index is -0.590. The van der Waals surface area contributed by atoms with E-state index in [1.54, 1.807) is 6.92 Å². The van der Waals surface area contributed by atoms with E-state index in [-0.39, 0.29) is 24.5 Å². The van der Waals surface area contributed by atoms with Crippen LogP contribution >= 0.6 is 0 Å². The van der Waals surface area contributed by atoms with Crippen LogP contribution in [0.4, 0.5) is 5.69 Å². The maximum absolute atomic E-state index is 12.4. The first kappa shape index (κ1) is 15.8. The highest BCUT2D eigenvalue weighted by Gasteiger charge is 2.33. The van der Waals surface area contributed by atoms with E-state index in [1.165, 1.54) is 11.3 Å². The Morgan fingerprint density at radius 3 is 2.78 bits per heavy atom. The number of hydrogen-bond donors (Lipinski definition) is 0. The molecule has 1 heterocycles. The number of benzene rings is 1. The maximum Gasteiger partial charge on any atom is 0.326 e. The normalized spacial score (nSPS) is 21.6. The molecule has 0 unspecified atom stereocenters. The lowest BCUT2D eigenvalue weighted by Crippen LogP contribution is -2.47. The molecular formula is C18H23NO4. The van der Waals surface area contributed by atoms with Crippen molar-refractivity contribution in [2.24, 2.45) is 0 Å². The van der Waals surface area contributed by atoms with E-state index in [0.717, 1.165) is 31.2 Å². The fourth-order valence-electron chi connectivity index (χ4n) is 3.22. The highest BCUT2D eigenvalue weighted by Crippen LogP contribution is 2.34. The fraction of sp³-hybridized carbons (Fsp3) is 0.556. The van der Waals surface area contributed by atoms with E-state index in [4.69, 9.17) is 9.47 Å². The molecule has 5 nitrogen and oxygen atoms in total. The van der Waals surface area contributed by atoms with Crippen LogP contribution in [0, 0.1) is 6.92 Å². The van der Waals surface area contributed by atoms with Crippen LogP contribution in [0.2, 0.25) is 0 Å². The Labute approximate surface area is 136 Å². The zero-order valence-electron chi connectivity index (χ0n) is 13.7. The molecule has 1 atom stereocenters. The summed E-state index contributed by atoms with van der Waals surface area (Å²) in [7, 11) is 0. The monoisotopic (exact) mass is 317 g/mol. The van der Waals surface area contributed by atoms with Crippen molar-refractivity contribution in [1.82, 2.24) is 0 Å². The molecule has 1 aromatic rings. The van der Waals surface area contributed by atoms with Gasteiger partial charge in [-0.2, -0.15) is 0 Å². The molecule has 0 bridgehead atoms. The second-order valence-corrected chi connectivity index (χ2v) is 6.41. The minimum absolute atomic E-state index is 0.00166. The molecular weight excluding hydrogens is 294 g/mol. The third kappa shape index (κ3) is 3.49. The molecule has 0 aromatic heterocycles. The Hall–Kier alpha value is -2.04. The summed E-state index contributed by atoms with van der Waals surface area (Å²) in [6.45, 7) is 3.59. The van der Waals surface area contributed by atoms with Crippen LogP contribution in [-0.4, -0.2) is 30.6 Å². The summed E-state index contributed by atoms with van der Waals surface area (Å²) in [4.78, 5) is 26.2. The topological polar surface area (TPSA) is 55.8 Å². The van der Waals surface area contributed by atoms with Crippen LogP contribution in [0.5, 0.6) is 5.75 Å². The Balaban J connectivity index is 1.74. The lowest BCUT2D eigenvalue weighted by molar-refractivity contribution is -0.149. The number of anilines is 1. The summed E-state index contributed by atoms with van der Waals surface area (Å²) >= 11 is 0. The van der Waals surface area contributed by atoms with E-state index in [2.05, 4.69) is 0 Å². The summed E-state index contributed by atoms with van der Waals surface area (Å²) in [5.41, 5.74) is 1.66. The van der Waals surface area contributed by atoms with Gasteiger partial charge in [-0.25, -0.2) is 0 Å². The molecule has 3 rings (SSSR count). The van der Waals surface area contributed by atoms with Gasteiger partial charge < -0.3 is 9.47 Å². The Bertz CT molecular complexity index is 607. The van der Waals surface area contributed by atoms with Crippen molar-refractivity contribution in [2.45, 2.75) is 58.2 Å². The first-order valence-corrected chi connectivity index (χ1v) is 8.33. The van der Waals surface area contributed by atoms with Crippen LogP contribution in [0.1, 0.15) is 44.6 Å². The molecule has 0 N–H and O–H groups in total. The van der Waals surface area contributed by atoms with Crippen molar-refractivity contribution in [3.8, 4) is 5.75 Å². The predicted octanol–water partition coefficient (Wildman–Crippen LogP) is 2.98. The van der Waals surface area contributed by atoms with Crippen molar-refractivity contribution in [1.29, 1.82) is 0 Å². The molecule has 1 aliphatic carbocycles. The summed E-state index contributed by atoms with van der Waals surface area (Å²) in [6.07, 6.45) is 4.68. The Kier molecular flexibility index (Phi) is 4.55. The Morgan fingerprint density at radius 1 is 1.30 bits per heavy atom. The number of carbonyl (C=O) groups is 2. The van der Waals surface area contributed by atoms with Crippen LogP contribution in [0.15, 0.2) is 18.2 Å². The van der Waals surface area contributed by atoms with Gasteiger partial charge >= 0.3 is 5.97 Å². The molecule has 23 heavy (non-hydrogen) atoms. The van der Waals surface area contributed by atoms with Gasteiger partial charge in [0, 0.05) is 0 Å². The molecule has 1 saturated carbocycles. The molecule has 124 valence electrons. The highest BCUT2D eigenvalue weighted by atomic mass is 16.5. The van der Waals surface area contributed by atoms with E-state index < -0.39 is 6.10 Å². The van der Waals surface area contributed by atoms with E-state index in [0.29, 0.717) is 11.4 Å². The predicted molar refractivity (Wildman–Crippen MR) is 86.6 cm³/mol. The van der Waals surface area contributed by atoms with Crippen molar-refractivity contribution >= 4 is 17.6 Å². The fourth-order valence-corrected chi connectivity index (χ4v) is 3.22.